The predicted molar refractivity (Wildman–Crippen MR) is 141 cm³/mol. The zero-order valence-electron chi connectivity index (χ0n) is 18.7. The van der Waals surface area contributed by atoms with Crippen molar-refractivity contribution >= 4 is 72.3 Å². The van der Waals surface area contributed by atoms with Crippen LogP contribution in [0.4, 0.5) is 11.5 Å². The SMILES string of the molecule is COc1cc(NS(=O)(=O)c2ccc(NC(=S)NC(=O)COc3ccc(Br)cc3Cl)cc2)nc(OC)n1. The Balaban J connectivity index is 1.57. The van der Waals surface area contributed by atoms with E-state index >= 15 is 0 Å². The molecule has 0 unspecified atom stereocenters. The molecule has 0 aliphatic rings. The van der Waals surface area contributed by atoms with E-state index in [1.54, 1.807) is 18.2 Å². The molecule has 3 rings (SSSR count). The van der Waals surface area contributed by atoms with E-state index in [1.807, 2.05) is 0 Å². The molecular formula is C21H19BrClN5O6S2. The van der Waals surface area contributed by atoms with Crippen LogP contribution in [-0.4, -0.2) is 50.2 Å². The average molecular weight is 617 g/mol. The van der Waals surface area contributed by atoms with Gasteiger partial charge >= 0.3 is 6.01 Å². The van der Waals surface area contributed by atoms with E-state index in [2.05, 4.69) is 41.3 Å². The number of nitrogens with zero attached hydrogens (tertiary/aromatic N) is 2. The van der Waals surface area contributed by atoms with Gasteiger partial charge < -0.3 is 19.5 Å². The highest BCUT2D eigenvalue weighted by Gasteiger charge is 2.17. The third kappa shape index (κ3) is 7.65. The third-order valence-electron chi connectivity index (χ3n) is 4.24. The van der Waals surface area contributed by atoms with Crippen LogP contribution >= 0.6 is 39.7 Å². The number of thiocarbonyl (C=S) groups is 1. The molecule has 0 spiro atoms. The number of ether oxygens (including phenoxy) is 3. The molecule has 0 bridgehead atoms. The highest BCUT2D eigenvalue weighted by Crippen LogP contribution is 2.27. The molecule has 11 nitrogen and oxygen atoms in total. The maximum Gasteiger partial charge on any atom is 0.321 e. The Labute approximate surface area is 225 Å². The number of methoxy groups -OCH3 is 2. The Morgan fingerprint density at radius 3 is 2.44 bits per heavy atom. The fourth-order valence-electron chi connectivity index (χ4n) is 2.63. The highest BCUT2D eigenvalue weighted by atomic mass is 79.9. The lowest BCUT2D eigenvalue weighted by atomic mass is 10.3. The number of halogens is 2. The van der Waals surface area contributed by atoms with Crippen molar-refractivity contribution in [1.82, 2.24) is 15.3 Å². The molecule has 1 aromatic heterocycles. The molecule has 190 valence electrons. The summed E-state index contributed by atoms with van der Waals surface area (Å²) in [5, 5.41) is 5.60. The number of rotatable bonds is 9. The van der Waals surface area contributed by atoms with Gasteiger partial charge in [0.2, 0.25) is 5.88 Å². The van der Waals surface area contributed by atoms with Gasteiger partial charge in [-0.1, -0.05) is 27.5 Å². The number of benzene rings is 2. The summed E-state index contributed by atoms with van der Waals surface area (Å²) in [5.41, 5.74) is 0.446. The van der Waals surface area contributed by atoms with Crippen LogP contribution in [-0.2, 0) is 14.8 Å². The molecule has 0 fully saturated rings. The van der Waals surface area contributed by atoms with Crippen LogP contribution in [0.5, 0.6) is 17.6 Å². The van der Waals surface area contributed by atoms with E-state index in [-0.39, 0.29) is 34.3 Å². The normalized spacial score (nSPS) is 10.8. The van der Waals surface area contributed by atoms with E-state index in [1.165, 1.54) is 44.6 Å². The molecule has 3 N–H and O–H groups in total. The van der Waals surface area contributed by atoms with Gasteiger partial charge in [-0.2, -0.15) is 9.97 Å². The maximum atomic E-state index is 12.7. The van der Waals surface area contributed by atoms with Crippen LogP contribution in [0.2, 0.25) is 5.02 Å². The quantitative estimate of drug-likeness (QED) is 0.306. The monoisotopic (exact) mass is 615 g/mol. The van der Waals surface area contributed by atoms with E-state index < -0.39 is 15.9 Å². The van der Waals surface area contributed by atoms with Gasteiger partial charge in [-0.15, -0.1) is 0 Å². The summed E-state index contributed by atoms with van der Waals surface area (Å²) in [6.07, 6.45) is 0. The molecule has 1 amide bonds. The first kappa shape index (κ1) is 27.4. The van der Waals surface area contributed by atoms with E-state index in [0.717, 1.165) is 4.47 Å². The second-order valence-corrected chi connectivity index (χ2v) is 10.2. The molecule has 2 aromatic carbocycles. The van der Waals surface area contributed by atoms with Gasteiger partial charge in [0, 0.05) is 16.2 Å². The second-order valence-electron chi connectivity index (χ2n) is 6.78. The van der Waals surface area contributed by atoms with Crippen LogP contribution in [0.1, 0.15) is 0 Å². The molecule has 15 heteroatoms. The fraction of sp³-hybridized carbons (Fsp3) is 0.143. The van der Waals surface area contributed by atoms with E-state index in [4.69, 9.17) is 38.0 Å². The minimum absolute atomic E-state index is 0.000546. The van der Waals surface area contributed by atoms with Gasteiger partial charge in [0.1, 0.15) is 5.75 Å². The minimum Gasteiger partial charge on any atom is -0.482 e. The van der Waals surface area contributed by atoms with E-state index in [0.29, 0.717) is 16.5 Å². The standard InChI is InChI=1S/C21H19BrClN5O6S2/c1-32-19-10-17(25-20(27-19)33-2)28-36(30,31)14-6-4-13(5-7-14)24-21(35)26-18(29)11-34-16-8-3-12(22)9-15(16)23/h3-10H,11H2,1-2H3,(H,25,27,28)(H2,24,26,29,35). The second kappa shape index (κ2) is 12.2. The van der Waals surface area contributed by atoms with Crippen molar-refractivity contribution in [2.75, 3.05) is 30.9 Å². The van der Waals surface area contributed by atoms with Gasteiger partial charge in [0.05, 0.1) is 24.1 Å². The lowest BCUT2D eigenvalue weighted by Gasteiger charge is -2.12. The number of hydrogen-bond acceptors (Lipinski definition) is 9. The molecule has 3 aromatic rings. The summed E-state index contributed by atoms with van der Waals surface area (Å²) >= 11 is 14.5. The lowest BCUT2D eigenvalue weighted by molar-refractivity contribution is -0.121. The van der Waals surface area contributed by atoms with Crippen LogP contribution in [0.25, 0.3) is 0 Å². The van der Waals surface area contributed by atoms with Crippen molar-refractivity contribution in [3.63, 3.8) is 0 Å². The smallest absolute Gasteiger partial charge is 0.321 e. The summed E-state index contributed by atoms with van der Waals surface area (Å²) in [6.45, 7) is -0.315. The third-order valence-corrected chi connectivity index (χ3v) is 6.60. The van der Waals surface area contributed by atoms with Crippen LogP contribution in [0.15, 0.2) is 57.9 Å². The van der Waals surface area contributed by atoms with Crippen molar-refractivity contribution in [2.24, 2.45) is 0 Å². The number of carbonyl (C=O) groups excluding carboxylic acids is 1. The summed E-state index contributed by atoms with van der Waals surface area (Å²) in [6, 6.07) is 11.9. The number of amides is 1. The zero-order chi connectivity index (χ0) is 26.3. The van der Waals surface area contributed by atoms with Gasteiger partial charge in [0.25, 0.3) is 15.9 Å². The topological polar surface area (TPSA) is 141 Å². The molecular weight excluding hydrogens is 598 g/mol. The highest BCUT2D eigenvalue weighted by molar-refractivity contribution is 9.10. The number of nitrogens with one attached hydrogen (secondary N) is 3. The molecule has 0 saturated carbocycles. The Kier molecular flexibility index (Phi) is 9.25. The minimum atomic E-state index is -3.98. The number of hydrogen-bond donors (Lipinski definition) is 3. The van der Waals surface area contributed by atoms with Gasteiger partial charge in [0.15, 0.2) is 17.5 Å². The first-order chi connectivity index (χ1) is 17.1. The van der Waals surface area contributed by atoms with Crippen LogP contribution in [0.3, 0.4) is 0 Å². The first-order valence-corrected chi connectivity index (χ1v) is 12.9. The summed E-state index contributed by atoms with van der Waals surface area (Å²) in [4.78, 5) is 19.9. The van der Waals surface area contributed by atoms with Gasteiger partial charge in [-0.3, -0.25) is 14.8 Å². The predicted octanol–water partition coefficient (Wildman–Crippen LogP) is 3.60. The molecule has 0 aliphatic heterocycles. The van der Waals surface area contributed by atoms with Crippen molar-refractivity contribution in [2.45, 2.75) is 4.90 Å². The molecule has 0 atom stereocenters. The lowest BCUT2D eigenvalue weighted by Crippen LogP contribution is -2.37. The summed E-state index contributed by atoms with van der Waals surface area (Å²) in [7, 11) is -1.26. The number of aromatic nitrogens is 2. The first-order valence-electron chi connectivity index (χ1n) is 9.88. The molecule has 0 aliphatic carbocycles. The van der Waals surface area contributed by atoms with E-state index in [9.17, 15) is 13.2 Å². The largest absolute Gasteiger partial charge is 0.482 e. The number of carbonyl (C=O) groups is 1. The average Bonchev–Trinajstić information content (AvgIpc) is 2.83. The summed E-state index contributed by atoms with van der Waals surface area (Å²) < 4.78 is 43.9. The number of sulfonamides is 1. The van der Waals surface area contributed by atoms with Crippen LogP contribution in [0, 0.1) is 0 Å². The van der Waals surface area contributed by atoms with Gasteiger partial charge in [-0.05, 0) is 54.7 Å². The van der Waals surface area contributed by atoms with Crippen molar-refractivity contribution in [3.05, 3.63) is 58.0 Å². The number of anilines is 2. The maximum absolute atomic E-state index is 12.7. The zero-order valence-corrected chi connectivity index (χ0v) is 22.7. The van der Waals surface area contributed by atoms with Crippen molar-refractivity contribution < 1.29 is 27.4 Å². The molecule has 0 saturated heterocycles. The van der Waals surface area contributed by atoms with Gasteiger partial charge in [-0.25, -0.2) is 8.42 Å². The summed E-state index contributed by atoms with van der Waals surface area (Å²) in [5.74, 6) is -0.0693. The fourth-order valence-corrected chi connectivity index (χ4v) is 4.58. The van der Waals surface area contributed by atoms with Crippen molar-refractivity contribution in [1.29, 1.82) is 0 Å². The molecule has 36 heavy (non-hydrogen) atoms. The Hall–Kier alpha value is -3.20. The Morgan fingerprint density at radius 2 is 1.81 bits per heavy atom. The molecule has 1 heterocycles. The molecule has 0 radical (unpaired) electrons. The Morgan fingerprint density at radius 1 is 1.08 bits per heavy atom. The Bertz CT molecular complexity index is 1350. The van der Waals surface area contributed by atoms with Crippen molar-refractivity contribution in [3.8, 4) is 17.6 Å². The van der Waals surface area contributed by atoms with Crippen LogP contribution < -0.4 is 29.6 Å².